The summed E-state index contributed by atoms with van der Waals surface area (Å²) in [5.74, 6) is -0.939. The molecule has 1 aliphatic rings. The van der Waals surface area contributed by atoms with Crippen molar-refractivity contribution in [3.63, 3.8) is 0 Å². The first-order valence-electron chi connectivity index (χ1n) is 7.18. The van der Waals surface area contributed by atoms with E-state index in [0.29, 0.717) is 24.6 Å². The van der Waals surface area contributed by atoms with Gasteiger partial charge in [-0.15, -0.1) is 11.3 Å². The van der Waals surface area contributed by atoms with Crippen molar-refractivity contribution < 1.29 is 19.4 Å². The van der Waals surface area contributed by atoms with Crippen molar-refractivity contribution in [1.82, 2.24) is 4.98 Å². The summed E-state index contributed by atoms with van der Waals surface area (Å²) in [6.45, 7) is 2.65. The molecular weight excluding hydrogens is 292 g/mol. The second kappa shape index (κ2) is 7.51. The summed E-state index contributed by atoms with van der Waals surface area (Å²) in [7, 11) is 0. The molecule has 1 aromatic heterocycles. The lowest BCUT2D eigenvalue weighted by atomic mass is 9.99. The topological polar surface area (TPSA) is 88.5 Å². The van der Waals surface area contributed by atoms with E-state index >= 15 is 0 Å². The van der Waals surface area contributed by atoms with Crippen LogP contribution in [0.1, 0.15) is 38.3 Å². The number of rotatable bonds is 7. The molecular formula is C14H20N2O4S. The van der Waals surface area contributed by atoms with Gasteiger partial charge < -0.3 is 15.2 Å². The number of hydrogen-bond donors (Lipinski definition) is 2. The minimum atomic E-state index is -0.800. The molecule has 21 heavy (non-hydrogen) atoms. The molecule has 2 heterocycles. The third-order valence-electron chi connectivity index (χ3n) is 3.55. The molecule has 6 nitrogen and oxygen atoms in total. The van der Waals surface area contributed by atoms with Crippen molar-refractivity contribution >= 4 is 28.3 Å². The Balaban J connectivity index is 1.84. The number of carbonyl (C=O) groups excluding carboxylic acids is 1. The maximum atomic E-state index is 12.2. The fourth-order valence-corrected chi connectivity index (χ4v) is 3.20. The van der Waals surface area contributed by atoms with Crippen LogP contribution in [0, 0.1) is 5.92 Å². The zero-order chi connectivity index (χ0) is 15.2. The number of carboxylic acid groups (broad SMARTS) is 1. The Kier molecular flexibility index (Phi) is 5.69. The Hall–Kier alpha value is -1.47. The van der Waals surface area contributed by atoms with Gasteiger partial charge >= 0.3 is 5.97 Å². The number of aliphatic carboxylic acids is 1. The monoisotopic (exact) mass is 312 g/mol. The van der Waals surface area contributed by atoms with Crippen LogP contribution in [-0.2, 0) is 20.7 Å². The number of thiazole rings is 1. The number of carbonyl (C=O) groups is 2. The number of carboxylic acids is 1. The maximum Gasteiger partial charge on any atom is 0.303 e. The molecule has 1 amide bonds. The van der Waals surface area contributed by atoms with Gasteiger partial charge in [-0.25, -0.2) is 4.98 Å². The summed E-state index contributed by atoms with van der Waals surface area (Å²) in [5, 5.41) is 13.9. The summed E-state index contributed by atoms with van der Waals surface area (Å²) < 4.78 is 5.52. The summed E-state index contributed by atoms with van der Waals surface area (Å²) >= 11 is 1.37. The van der Waals surface area contributed by atoms with Gasteiger partial charge in [-0.1, -0.05) is 6.92 Å². The predicted octanol–water partition coefficient (Wildman–Crippen LogP) is 2.30. The van der Waals surface area contributed by atoms with Gasteiger partial charge in [0.15, 0.2) is 5.13 Å². The van der Waals surface area contributed by atoms with Gasteiger partial charge in [-0.05, 0) is 25.7 Å². The van der Waals surface area contributed by atoms with Gasteiger partial charge in [0.25, 0.3) is 0 Å². The minimum absolute atomic E-state index is 0.000000690. The second-order valence-corrected chi connectivity index (χ2v) is 5.95. The molecule has 1 aliphatic heterocycles. The number of nitrogens with zero attached hydrogens (tertiary/aromatic N) is 1. The number of ether oxygens (including phenoxy) is 1. The maximum absolute atomic E-state index is 12.2. The van der Waals surface area contributed by atoms with Crippen LogP contribution in [0.3, 0.4) is 0 Å². The second-order valence-electron chi connectivity index (χ2n) is 5.09. The van der Waals surface area contributed by atoms with Crippen LogP contribution >= 0.6 is 11.3 Å². The molecule has 0 spiro atoms. The number of anilines is 1. The first-order valence-corrected chi connectivity index (χ1v) is 8.06. The smallest absolute Gasteiger partial charge is 0.303 e. The average Bonchev–Trinajstić information content (AvgIpc) is 3.07. The minimum Gasteiger partial charge on any atom is -0.481 e. The van der Waals surface area contributed by atoms with E-state index < -0.39 is 5.97 Å². The molecule has 2 atom stereocenters. The number of nitrogens with one attached hydrogen (secondary N) is 1. The molecule has 0 aromatic carbocycles. The highest BCUT2D eigenvalue weighted by Gasteiger charge is 2.33. The van der Waals surface area contributed by atoms with E-state index in [9.17, 15) is 9.59 Å². The van der Waals surface area contributed by atoms with Gasteiger partial charge in [0.1, 0.15) is 0 Å². The van der Waals surface area contributed by atoms with Crippen molar-refractivity contribution in [2.75, 3.05) is 11.9 Å². The zero-order valence-corrected chi connectivity index (χ0v) is 12.8. The molecule has 1 saturated heterocycles. The van der Waals surface area contributed by atoms with Crippen molar-refractivity contribution in [1.29, 1.82) is 0 Å². The Morgan fingerprint density at radius 1 is 1.57 bits per heavy atom. The summed E-state index contributed by atoms with van der Waals surface area (Å²) in [5.41, 5.74) is 0.825. The van der Waals surface area contributed by atoms with Crippen LogP contribution in [0.5, 0.6) is 0 Å². The van der Waals surface area contributed by atoms with Crippen molar-refractivity contribution in [3.05, 3.63) is 11.1 Å². The predicted molar refractivity (Wildman–Crippen MR) is 79.5 cm³/mol. The summed E-state index contributed by atoms with van der Waals surface area (Å²) in [4.78, 5) is 27.0. The molecule has 0 saturated carbocycles. The Morgan fingerprint density at radius 2 is 2.38 bits per heavy atom. The fraction of sp³-hybridized carbons (Fsp3) is 0.643. The van der Waals surface area contributed by atoms with Crippen LogP contribution < -0.4 is 5.32 Å². The van der Waals surface area contributed by atoms with Crippen LogP contribution in [0.4, 0.5) is 5.13 Å². The third kappa shape index (κ3) is 4.50. The van der Waals surface area contributed by atoms with Crippen LogP contribution in [0.25, 0.3) is 0 Å². The molecule has 2 N–H and O–H groups in total. The van der Waals surface area contributed by atoms with E-state index in [4.69, 9.17) is 9.84 Å². The third-order valence-corrected chi connectivity index (χ3v) is 4.36. The summed E-state index contributed by atoms with van der Waals surface area (Å²) in [6, 6.07) is 0. The average molecular weight is 312 g/mol. The normalized spacial score (nSPS) is 21.4. The molecule has 0 radical (unpaired) electrons. The quantitative estimate of drug-likeness (QED) is 0.806. The van der Waals surface area contributed by atoms with Gasteiger partial charge in [0, 0.05) is 18.4 Å². The lowest BCUT2D eigenvalue weighted by Crippen LogP contribution is -2.29. The van der Waals surface area contributed by atoms with E-state index in [0.717, 1.165) is 18.5 Å². The zero-order valence-electron chi connectivity index (χ0n) is 12.0. The largest absolute Gasteiger partial charge is 0.481 e. The van der Waals surface area contributed by atoms with E-state index in [2.05, 4.69) is 10.3 Å². The SMILES string of the molecule is CCC1OCCC1C(=O)Nc1nc(CCCC(=O)O)cs1. The number of amides is 1. The number of aromatic nitrogens is 1. The van der Waals surface area contributed by atoms with E-state index in [-0.39, 0.29) is 24.3 Å². The summed E-state index contributed by atoms with van der Waals surface area (Å²) in [6.07, 6.45) is 2.89. The van der Waals surface area contributed by atoms with Crippen LogP contribution in [0.2, 0.25) is 0 Å². The van der Waals surface area contributed by atoms with Crippen LogP contribution in [0.15, 0.2) is 5.38 Å². The van der Waals surface area contributed by atoms with Gasteiger partial charge in [-0.2, -0.15) is 0 Å². The van der Waals surface area contributed by atoms with E-state index in [1.807, 2.05) is 12.3 Å². The molecule has 0 aliphatic carbocycles. The Labute approximate surface area is 127 Å². The highest BCUT2D eigenvalue weighted by atomic mass is 32.1. The lowest BCUT2D eigenvalue weighted by molar-refractivity contribution is -0.137. The molecule has 1 aromatic rings. The Bertz CT molecular complexity index is 503. The van der Waals surface area contributed by atoms with E-state index in [1.165, 1.54) is 11.3 Å². The molecule has 2 unspecified atom stereocenters. The molecule has 0 bridgehead atoms. The standard InChI is InChI=1S/C14H20N2O4S/c1-2-11-10(6-7-20-11)13(19)16-14-15-9(8-21-14)4-3-5-12(17)18/h8,10-11H,2-7H2,1H3,(H,17,18)(H,15,16,19). The highest BCUT2D eigenvalue weighted by Crippen LogP contribution is 2.26. The number of hydrogen-bond acceptors (Lipinski definition) is 5. The van der Waals surface area contributed by atoms with Gasteiger partial charge in [0.2, 0.25) is 5.91 Å². The van der Waals surface area contributed by atoms with Crippen molar-refractivity contribution in [2.24, 2.45) is 5.92 Å². The lowest BCUT2D eigenvalue weighted by Gasteiger charge is -2.15. The van der Waals surface area contributed by atoms with Crippen LogP contribution in [-0.4, -0.2) is 34.7 Å². The first-order chi connectivity index (χ1) is 10.1. The molecule has 7 heteroatoms. The molecule has 116 valence electrons. The highest BCUT2D eigenvalue weighted by molar-refractivity contribution is 7.13. The fourth-order valence-electron chi connectivity index (χ4n) is 2.45. The van der Waals surface area contributed by atoms with Crippen molar-refractivity contribution in [2.45, 2.75) is 45.1 Å². The molecule has 2 rings (SSSR count). The van der Waals surface area contributed by atoms with Gasteiger partial charge in [0.05, 0.1) is 17.7 Å². The van der Waals surface area contributed by atoms with Crippen molar-refractivity contribution in [3.8, 4) is 0 Å². The Morgan fingerprint density at radius 3 is 3.10 bits per heavy atom. The first kappa shape index (κ1) is 15.9. The number of aryl methyl sites for hydroxylation is 1. The van der Waals surface area contributed by atoms with E-state index in [1.54, 1.807) is 0 Å². The molecule has 1 fully saturated rings. The van der Waals surface area contributed by atoms with Gasteiger partial charge in [-0.3, -0.25) is 9.59 Å².